The maximum absolute atomic E-state index is 11.9. The molecule has 0 aromatic heterocycles. The third-order valence-electron chi connectivity index (χ3n) is 2.97. The van der Waals surface area contributed by atoms with E-state index >= 15 is 0 Å². The smallest absolute Gasteiger partial charge is 0.234 e. The molecule has 0 bridgehead atoms. The molecule has 2 nitrogen and oxygen atoms in total. The Hall–Kier alpha value is -1.74. The molecule has 0 fully saturated rings. The van der Waals surface area contributed by atoms with E-state index in [9.17, 15) is 4.79 Å². The van der Waals surface area contributed by atoms with Crippen LogP contribution in [0.15, 0.2) is 59.5 Å². The van der Waals surface area contributed by atoms with E-state index < -0.39 is 0 Å². The summed E-state index contributed by atoms with van der Waals surface area (Å²) in [6.45, 7) is 4.31. The van der Waals surface area contributed by atoms with Gasteiger partial charge in [-0.2, -0.15) is 0 Å². The number of hydrogen-bond acceptors (Lipinski definition) is 2. The summed E-state index contributed by atoms with van der Waals surface area (Å²) in [7, 11) is 0. The van der Waals surface area contributed by atoms with Crippen LogP contribution in [0.3, 0.4) is 0 Å². The highest BCUT2D eigenvalue weighted by Gasteiger charge is 2.04. The predicted molar refractivity (Wildman–Crippen MR) is 86.3 cm³/mol. The van der Waals surface area contributed by atoms with E-state index in [1.165, 1.54) is 5.56 Å². The minimum atomic E-state index is 0.0242. The number of thioether (sulfide) groups is 1. The molecular weight excluding hydrogens is 266 g/mol. The Balaban J connectivity index is 1.85. The summed E-state index contributed by atoms with van der Waals surface area (Å²) in [5.41, 5.74) is 2.13. The first-order chi connectivity index (χ1) is 9.65. The van der Waals surface area contributed by atoms with E-state index in [1.54, 1.807) is 11.8 Å². The molecule has 0 saturated carbocycles. The quantitative estimate of drug-likeness (QED) is 0.817. The van der Waals surface area contributed by atoms with Gasteiger partial charge in [0.05, 0.1) is 5.75 Å². The number of benzene rings is 2. The monoisotopic (exact) mass is 285 g/mol. The van der Waals surface area contributed by atoms with Gasteiger partial charge in [0.25, 0.3) is 0 Å². The molecule has 2 aromatic carbocycles. The van der Waals surface area contributed by atoms with Crippen molar-refractivity contribution in [3.63, 3.8) is 0 Å². The first-order valence-corrected chi connectivity index (χ1v) is 7.71. The highest BCUT2D eigenvalue weighted by Crippen LogP contribution is 2.19. The van der Waals surface area contributed by atoms with Gasteiger partial charge in [-0.15, -0.1) is 11.8 Å². The first-order valence-electron chi connectivity index (χ1n) is 6.73. The third kappa shape index (κ3) is 4.42. The van der Waals surface area contributed by atoms with Crippen molar-refractivity contribution < 1.29 is 4.79 Å². The zero-order valence-corrected chi connectivity index (χ0v) is 12.6. The van der Waals surface area contributed by atoms with Crippen LogP contribution in [-0.4, -0.2) is 11.7 Å². The summed E-state index contributed by atoms with van der Waals surface area (Å²) in [6, 6.07) is 18.0. The number of nitrogens with one attached hydrogen (secondary N) is 1. The fourth-order valence-corrected chi connectivity index (χ4v) is 2.53. The molecule has 1 N–H and O–H groups in total. The molecule has 0 unspecified atom stereocenters. The average Bonchev–Trinajstić information content (AvgIpc) is 2.47. The lowest BCUT2D eigenvalue weighted by atomic mass is 10.0. The van der Waals surface area contributed by atoms with Gasteiger partial charge in [0.1, 0.15) is 0 Å². The fourth-order valence-electron chi connectivity index (χ4n) is 1.81. The number of anilines is 1. The molecule has 0 aliphatic heterocycles. The van der Waals surface area contributed by atoms with Gasteiger partial charge in [0, 0.05) is 10.6 Å². The zero-order valence-electron chi connectivity index (χ0n) is 11.8. The number of carbonyl (C=O) groups excluding carboxylic acids is 1. The summed E-state index contributed by atoms with van der Waals surface area (Å²) < 4.78 is 0. The maximum atomic E-state index is 11.9. The van der Waals surface area contributed by atoms with Crippen LogP contribution in [0.2, 0.25) is 0 Å². The van der Waals surface area contributed by atoms with Crippen molar-refractivity contribution in [2.75, 3.05) is 11.1 Å². The van der Waals surface area contributed by atoms with E-state index in [-0.39, 0.29) is 5.91 Å². The van der Waals surface area contributed by atoms with Crippen LogP contribution >= 0.6 is 11.8 Å². The molecule has 1 amide bonds. The van der Waals surface area contributed by atoms with Crippen LogP contribution in [-0.2, 0) is 4.79 Å². The molecule has 0 aliphatic rings. The lowest BCUT2D eigenvalue weighted by molar-refractivity contribution is -0.113. The van der Waals surface area contributed by atoms with Gasteiger partial charge in [-0.25, -0.2) is 0 Å². The SMILES string of the molecule is CC(C)c1ccc(NC(=O)CSc2ccccc2)cc1. The largest absolute Gasteiger partial charge is 0.325 e. The van der Waals surface area contributed by atoms with Crippen molar-refractivity contribution in [3.05, 3.63) is 60.2 Å². The van der Waals surface area contributed by atoms with Gasteiger partial charge in [-0.05, 0) is 35.7 Å². The molecule has 0 saturated heterocycles. The normalized spacial score (nSPS) is 10.6. The Labute approximate surface area is 124 Å². The van der Waals surface area contributed by atoms with E-state index in [4.69, 9.17) is 0 Å². The van der Waals surface area contributed by atoms with Crippen molar-refractivity contribution in [1.82, 2.24) is 0 Å². The van der Waals surface area contributed by atoms with Crippen molar-refractivity contribution in [1.29, 1.82) is 0 Å². The molecule has 0 radical (unpaired) electrons. The lowest BCUT2D eigenvalue weighted by Crippen LogP contribution is -2.13. The molecule has 0 atom stereocenters. The standard InChI is InChI=1S/C17H19NOS/c1-13(2)14-8-10-15(11-9-14)18-17(19)12-20-16-6-4-3-5-7-16/h3-11,13H,12H2,1-2H3,(H,18,19). The Morgan fingerprint density at radius 2 is 1.70 bits per heavy atom. The van der Waals surface area contributed by atoms with Crippen LogP contribution in [0.25, 0.3) is 0 Å². The summed E-state index contributed by atoms with van der Waals surface area (Å²) in [6.07, 6.45) is 0. The molecule has 3 heteroatoms. The first kappa shape index (κ1) is 14.7. The topological polar surface area (TPSA) is 29.1 Å². The molecule has 0 aliphatic carbocycles. The van der Waals surface area contributed by atoms with Crippen LogP contribution in [0.4, 0.5) is 5.69 Å². The number of hydrogen-bond donors (Lipinski definition) is 1. The van der Waals surface area contributed by atoms with Crippen molar-refractivity contribution in [3.8, 4) is 0 Å². The van der Waals surface area contributed by atoms with Crippen molar-refractivity contribution in [2.24, 2.45) is 0 Å². The van der Waals surface area contributed by atoms with E-state index in [0.29, 0.717) is 11.7 Å². The van der Waals surface area contributed by atoms with Crippen LogP contribution in [0, 0.1) is 0 Å². The van der Waals surface area contributed by atoms with Crippen LogP contribution in [0.5, 0.6) is 0 Å². The number of amides is 1. The molecule has 2 aromatic rings. The lowest BCUT2D eigenvalue weighted by Gasteiger charge is -2.08. The summed E-state index contributed by atoms with van der Waals surface area (Å²) in [4.78, 5) is 13.0. The van der Waals surface area contributed by atoms with Crippen molar-refractivity contribution in [2.45, 2.75) is 24.7 Å². The van der Waals surface area contributed by atoms with Crippen molar-refractivity contribution >= 4 is 23.4 Å². The minimum absolute atomic E-state index is 0.0242. The summed E-state index contributed by atoms with van der Waals surface area (Å²) in [5.74, 6) is 0.959. The zero-order chi connectivity index (χ0) is 14.4. The maximum Gasteiger partial charge on any atom is 0.234 e. The number of carbonyl (C=O) groups is 1. The molecule has 0 heterocycles. The highest BCUT2D eigenvalue weighted by atomic mass is 32.2. The molecule has 2 rings (SSSR count). The van der Waals surface area contributed by atoms with Gasteiger partial charge in [-0.1, -0.05) is 44.2 Å². The van der Waals surface area contributed by atoms with Crippen LogP contribution in [0.1, 0.15) is 25.3 Å². The number of rotatable bonds is 5. The summed E-state index contributed by atoms with van der Waals surface area (Å²) >= 11 is 1.54. The van der Waals surface area contributed by atoms with Gasteiger partial charge < -0.3 is 5.32 Å². The fraction of sp³-hybridized carbons (Fsp3) is 0.235. The molecule has 104 valence electrons. The third-order valence-corrected chi connectivity index (χ3v) is 3.99. The van der Waals surface area contributed by atoms with Gasteiger partial charge in [0.2, 0.25) is 5.91 Å². The Morgan fingerprint density at radius 3 is 2.30 bits per heavy atom. The minimum Gasteiger partial charge on any atom is -0.325 e. The predicted octanol–water partition coefficient (Wildman–Crippen LogP) is 4.54. The Morgan fingerprint density at radius 1 is 1.05 bits per heavy atom. The molecule has 20 heavy (non-hydrogen) atoms. The second kappa shape index (κ2) is 7.15. The second-order valence-corrected chi connectivity index (χ2v) is 5.98. The van der Waals surface area contributed by atoms with E-state index in [2.05, 4.69) is 31.3 Å². The molecular formula is C17H19NOS. The Bertz CT molecular complexity index is 549. The highest BCUT2D eigenvalue weighted by molar-refractivity contribution is 8.00. The summed E-state index contributed by atoms with van der Waals surface area (Å²) in [5, 5.41) is 2.92. The van der Waals surface area contributed by atoms with Gasteiger partial charge in [0.15, 0.2) is 0 Å². The average molecular weight is 285 g/mol. The van der Waals surface area contributed by atoms with Gasteiger partial charge in [-0.3, -0.25) is 4.79 Å². The van der Waals surface area contributed by atoms with E-state index in [0.717, 1.165) is 10.6 Å². The van der Waals surface area contributed by atoms with Crippen LogP contribution < -0.4 is 5.32 Å². The van der Waals surface area contributed by atoms with Gasteiger partial charge >= 0.3 is 0 Å². The Kier molecular flexibility index (Phi) is 5.24. The molecule has 0 spiro atoms. The van der Waals surface area contributed by atoms with E-state index in [1.807, 2.05) is 42.5 Å². The second-order valence-electron chi connectivity index (χ2n) is 4.93.